The van der Waals surface area contributed by atoms with Crippen LogP contribution in [0.3, 0.4) is 0 Å². The fourth-order valence-corrected chi connectivity index (χ4v) is 1.69. The van der Waals surface area contributed by atoms with Crippen LogP contribution >= 0.6 is 0 Å². The summed E-state index contributed by atoms with van der Waals surface area (Å²) in [6.07, 6.45) is 0.825. The standard InChI is InChI=1S/C14H15F2N3O/c1-3-6-17-14-12(16)8(2)18-13(19-14)9-4-5-11(20)10(15)7-9/h4-5,7,20H,3,6H2,1-2H3,(H,17,18,19). The second kappa shape index (κ2) is 5.81. The predicted molar refractivity (Wildman–Crippen MR) is 72.6 cm³/mol. The van der Waals surface area contributed by atoms with E-state index in [-0.39, 0.29) is 17.3 Å². The molecule has 0 aliphatic heterocycles. The van der Waals surface area contributed by atoms with Crippen molar-refractivity contribution >= 4 is 5.82 Å². The number of aryl methyl sites for hydroxylation is 1. The first-order valence-corrected chi connectivity index (χ1v) is 6.29. The number of anilines is 1. The Kier molecular flexibility index (Phi) is 4.12. The largest absolute Gasteiger partial charge is 0.505 e. The molecule has 2 aromatic rings. The van der Waals surface area contributed by atoms with Gasteiger partial charge >= 0.3 is 0 Å². The molecule has 2 N–H and O–H groups in total. The van der Waals surface area contributed by atoms with Gasteiger partial charge < -0.3 is 10.4 Å². The van der Waals surface area contributed by atoms with E-state index >= 15 is 0 Å². The van der Waals surface area contributed by atoms with E-state index in [1.807, 2.05) is 6.92 Å². The monoisotopic (exact) mass is 279 g/mol. The zero-order valence-electron chi connectivity index (χ0n) is 11.2. The van der Waals surface area contributed by atoms with E-state index in [0.29, 0.717) is 12.1 Å². The minimum absolute atomic E-state index is 0.0998. The maximum absolute atomic E-state index is 13.9. The van der Waals surface area contributed by atoms with Crippen LogP contribution in [-0.4, -0.2) is 21.6 Å². The van der Waals surface area contributed by atoms with Gasteiger partial charge in [0, 0.05) is 12.1 Å². The quantitative estimate of drug-likeness (QED) is 0.902. The number of phenolic OH excluding ortho intramolecular Hbond substituents is 1. The van der Waals surface area contributed by atoms with Gasteiger partial charge in [-0.1, -0.05) is 6.92 Å². The summed E-state index contributed by atoms with van der Waals surface area (Å²) < 4.78 is 27.2. The zero-order chi connectivity index (χ0) is 14.7. The summed E-state index contributed by atoms with van der Waals surface area (Å²) in [6, 6.07) is 3.81. The first-order chi connectivity index (χ1) is 9.52. The highest BCUT2D eigenvalue weighted by Crippen LogP contribution is 2.25. The molecule has 0 saturated heterocycles. The van der Waals surface area contributed by atoms with E-state index < -0.39 is 17.4 Å². The number of nitrogens with zero attached hydrogens (tertiary/aromatic N) is 2. The van der Waals surface area contributed by atoms with Crippen molar-refractivity contribution in [1.82, 2.24) is 9.97 Å². The maximum atomic E-state index is 13.9. The van der Waals surface area contributed by atoms with Gasteiger partial charge in [0.05, 0.1) is 5.69 Å². The molecule has 1 aromatic carbocycles. The van der Waals surface area contributed by atoms with Crippen LogP contribution in [0.25, 0.3) is 11.4 Å². The molecule has 2 rings (SSSR count). The van der Waals surface area contributed by atoms with Crippen LogP contribution < -0.4 is 5.32 Å². The van der Waals surface area contributed by atoms with E-state index in [2.05, 4.69) is 15.3 Å². The maximum Gasteiger partial charge on any atom is 0.186 e. The number of phenols is 1. The summed E-state index contributed by atoms with van der Waals surface area (Å²) in [4.78, 5) is 8.07. The van der Waals surface area contributed by atoms with Crippen molar-refractivity contribution in [2.45, 2.75) is 20.3 Å². The molecule has 106 valence electrons. The molecule has 0 saturated carbocycles. The molecular weight excluding hydrogens is 264 g/mol. The Morgan fingerprint density at radius 1 is 1.25 bits per heavy atom. The Bertz CT molecular complexity index is 632. The SMILES string of the molecule is CCCNc1nc(-c2ccc(O)c(F)c2)nc(C)c1F. The summed E-state index contributed by atoms with van der Waals surface area (Å²) in [5, 5.41) is 12.0. The van der Waals surface area contributed by atoms with Gasteiger partial charge in [-0.25, -0.2) is 18.7 Å². The number of rotatable bonds is 4. The number of hydrogen-bond acceptors (Lipinski definition) is 4. The first-order valence-electron chi connectivity index (χ1n) is 6.29. The van der Waals surface area contributed by atoms with Gasteiger partial charge in [-0.15, -0.1) is 0 Å². The fraction of sp³-hybridized carbons (Fsp3) is 0.286. The molecule has 4 nitrogen and oxygen atoms in total. The molecule has 0 radical (unpaired) electrons. The highest BCUT2D eigenvalue weighted by atomic mass is 19.1. The molecule has 0 spiro atoms. The van der Waals surface area contributed by atoms with Crippen LogP contribution in [0.5, 0.6) is 5.75 Å². The minimum Gasteiger partial charge on any atom is -0.505 e. The highest BCUT2D eigenvalue weighted by molar-refractivity contribution is 5.59. The van der Waals surface area contributed by atoms with Crippen molar-refractivity contribution in [3.05, 3.63) is 35.5 Å². The molecule has 0 aliphatic rings. The predicted octanol–water partition coefficient (Wildman–Crippen LogP) is 3.26. The molecule has 0 unspecified atom stereocenters. The van der Waals surface area contributed by atoms with E-state index in [0.717, 1.165) is 12.5 Å². The molecule has 0 aliphatic carbocycles. The third-order valence-corrected chi connectivity index (χ3v) is 2.77. The Balaban J connectivity index is 2.45. The normalized spacial score (nSPS) is 10.6. The van der Waals surface area contributed by atoms with Crippen LogP contribution in [0.2, 0.25) is 0 Å². The number of halogens is 2. The van der Waals surface area contributed by atoms with Gasteiger partial charge in [-0.2, -0.15) is 0 Å². The lowest BCUT2D eigenvalue weighted by Gasteiger charge is -2.09. The van der Waals surface area contributed by atoms with Gasteiger partial charge in [-0.3, -0.25) is 0 Å². The summed E-state index contributed by atoms with van der Waals surface area (Å²) >= 11 is 0. The Hall–Kier alpha value is -2.24. The molecule has 6 heteroatoms. The topological polar surface area (TPSA) is 58.0 Å². The average Bonchev–Trinajstić information content (AvgIpc) is 2.43. The van der Waals surface area contributed by atoms with Gasteiger partial charge in [0.1, 0.15) is 0 Å². The average molecular weight is 279 g/mol. The van der Waals surface area contributed by atoms with Crippen LogP contribution in [0.4, 0.5) is 14.6 Å². The summed E-state index contributed by atoms with van der Waals surface area (Å²) in [6.45, 7) is 4.06. The Labute approximate surface area is 115 Å². The van der Waals surface area contributed by atoms with Crippen molar-refractivity contribution in [3.63, 3.8) is 0 Å². The van der Waals surface area contributed by atoms with Gasteiger partial charge in [0.2, 0.25) is 0 Å². The smallest absolute Gasteiger partial charge is 0.186 e. The van der Waals surface area contributed by atoms with Crippen molar-refractivity contribution in [3.8, 4) is 17.1 Å². The highest BCUT2D eigenvalue weighted by Gasteiger charge is 2.13. The first kappa shape index (κ1) is 14.2. The Morgan fingerprint density at radius 2 is 2.00 bits per heavy atom. The Morgan fingerprint density at radius 3 is 2.65 bits per heavy atom. The van der Waals surface area contributed by atoms with Gasteiger partial charge in [0.25, 0.3) is 0 Å². The lowest BCUT2D eigenvalue weighted by atomic mass is 10.2. The second-order valence-corrected chi connectivity index (χ2v) is 4.39. The molecule has 0 fully saturated rings. The fourth-order valence-electron chi connectivity index (χ4n) is 1.69. The van der Waals surface area contributed by atoms with Crippen LogP contribution in [0.1, 0.15) is 19.0 Å². The van der Waals surface area contributed by atoms with Crippen LogP contribution in [0, 0.1) is 18.6 Å². The summed E-state index contributed by atoms with van der Waals surface area (Å²) in [5.41, 5.74) is 0.560. The number of hydrogen-bond donors (Lipinski definition) is 2. The second-order valence-electron chi connectivity index (χ2n) is 4.39. The third-order valence-electron chi connectivity index (χ3n) is 2.77. The molecular formula is C14H15F2N3O. The van der Waals surface area contributed by atoms with Crippen LogP contribution in [-0.2, 0) is 0 Å². The van der Waals surface area contributed by atoms with Crippen LogP contribution in [0.15, 0.2) is 18.2 Å². The molecule has 1 heterocycles. The van der Waals surface area contributed by atoms with Gasteiger partial charge in [-0.05, 0) is 31.5 Å². The number of aromatic nitrogens is 2. The van der Waals surface area contributed by atoms with E-state index in [1.54, 1.807) is 0 Å². The van der Waals surface area contributed by atoms with Crippen molar-refractivity contribution in [2.75, 3.05) is 11.9 Å². The lowest BCUT2D eigenvalue weighted by Crippen LogP contribution is -2.08. The number of aromatic hydroxyl groups is 1. The lowest BCUT2D eigenvalue weighted by molar-refractivity contribution is 0.432. The van der Waals surface area contributed by atoms with E-state index in [9.17, 15) is 13.9 Å². The molecule has 20 heavy (non-hydrogen) atoms. The third kappa shape index (κ3) is 2.84. The van der Waals surface area contributed by atoms with E-state index in [1.165, 1.54) is 19.1 Å². The molecule has 1 aromatic heterocycles. The summed E-state index contributed by atoms with van der Waals surface area (Å²) in [5.74, 6) is -1.42. The van der Waals surface area contributed by atoms with Gasteiger partial charge in [0.15, 0.2) is 29.0 Å². The van der Waals surface area contributed by atoms with Crippen molar-refractivity contribution in [2.24, 2.45) is 0 Å². The zero-order valence-corrected chi connectivity index (χ0v) is 11.2. The molecule has 0 bridgehead atoms. The van der Waals surface area contributed by atoms with Crippen molar-refractivity contribution < 1.29 is 13.9 Å². The molecule has 0 atom stereocenters. The number of nitrogens with one attached hydrogen (secondary N) is 1. The van der Waals surface area contributed by atoms with E-state index in [4.69, 9.17) is 0 Å². The van der Waals surface area contributed by atoms with Crippen molar-refractivity contribution in [1.29, 1.82) is 0 Å². The molecule has 0 amide bonds. The summed E-state index contributed by atoms with van der Waals surface area (Å²) in [7, 11) is 0. The number of benzene rings is 1. The minimum atomic E-state index is -0.767.